The average Bonchev–Trinajstić information content (AvgIpc) is 2.40. The van der Waals surface area contributed by atoms with Crippen molar-refractivity contribution < 1.29 is 14.3 Å². The maximum atomic E-state index is 11.7. The Morgan fingerprint density at radius 2 is 1.44 bits per heavy atom. The molecule has 18 heavy (non-hydrogen) atoms. The van der Waals surface area contributed by atoms with E-state index in [2.05, 4.69) is 0 Å². The second kappa shape index (κ2) is 5.47. The van der Waals surface area contributed by atoms with E-state index in [0.29, 0.717) is 5.56 Å². The van der Waals surface area contributed by atoms with Crippen LogP contribution in [0.4, 0.5) is 0 Å². The third-order valence-electron chi connectivity index (χ3n) is 2.29. The lowest BCUT2D eigenvalue weighted by Crippen LogP contribution is -2.13. The maximum Gasteiger partial charge on any atom is 0.347 e. The van der Waals surface area contributed by atoms with Crippen molar-refractivity contribution in [1.29, 1.82) is 0 Å². The number of hydrogen-bond acceptors (Lipinski definition) is 3. The van der Waals surface area contributed by atoms with E-state index in [4.69, 9.17) is 16.3 Å². The highest BCUT2D eigenvalue weighted by molar-refractivity contribution is 6.33. The molecule has 0 heterocycles. The van der Waals surface area contributed by atoms with E-state index in [1.807, 2.05) is 0 Å². The second-order valence-electron chi connectivity index (χ2n) is 3.52. The fraction of sp³-hybridized carbons (Fsp3) is 0. The molecule has 90 valence electrons. The van der Waals surface area contributed by atoms with E-state index < -0.39 is 11.9 Å². The van der Waals surface area contributed by atoms with Crippen LogP contribution in [0.3, 0.4) is 0 Å². The maximum absolute atomic E-state index is 11.7. The molecule has 0 fully saturated rings. The average molecular weight is 261 g/mol. The molecule has 0 aliphatic rings. The lowest BCUT2D eigenvalue weighted by atomic mass is 10.2. The van der Waals surface area contributed by atoms with Crippen molar-refractivity contribution in [2.45, 2.75) is 0 Å². The zero-order valence-corrected chi connectivity index (χ0v) is 10.1. The van der Waals surface area contributed by atoms with Crippen LogP contribution >= 0.6 is 11.6 Å². The van der Waals surface area contributed by atoms with Crippen LogP contribution in [0, 0.1) is 0 Å². The number of carbonyl (C=O) groups excluding carboxylic acids is 2. The number of halogens is 1. The first-order valence-electron chi connectivity index (χ1n) is 5.24. The summed E-state index contributed by atoms with van der Waals surface area (Å²) in [5, 5.41) is 0.253. The van der Waals surface area contributed by atoms with Gasteiger partial charge in [-0.15, -0.1) is 0 Å². The van der Waals surface area contributed by atoms with Gasteiger partial charge in [-0.3, -0.25) is 0 Å². The summed E-state index contributed by atoms with van der Waals surface area (Å²) in [6.45, 7) is 0. The zero-order valence-electron chi connectivity index (χ0n) is 9.30. The van der Waals surface area contributed by atoms with Gasteiger partial charge in [-0.25, -0.2) is 9.59 Å². The molecule has 0 aliphatic heterocycles. The minimum Gasteiger partial charge on any atom is -0.386 e. The third kappa shape index (κ3) is 2.76. The van der Waals surface area contributed by atoms with Gasteiger partial charge in [-0.05, 0) is 24.3 Å². The molecule has 0 aliphatic carbocycles. The number of benzene rings is 2. The van der Waals surface area contributed by atoms with E-state index in [9.17, 15) is 9.59 Å². The van der Waals surface area contributed by atoms with Gasteiger partial charge in [0.05, 0.1) is 16.1 Å². The standard InChI is InChI=1S/C14H9ClO3/c15-12-9-5-4-8-11(12)14(17)18-13(16)10-6-2-1-3-7-10/h1-9H. The molecule has 4 heteroatoms. The Morgan fingerprint density at radius 1 is 0.833 bits per heavy atom. The van der Waals surface area contributed by atoms with Gasteiger partial charge in [-0.2, -0.15) is 0 Å². The molecular weight excluding hydrogens is 252 g/mol. The largest absolute Gasteiger partial charge is 0.386 e. The van der Waals surface area contributed by atoms with Gasteiger partial charge >= 0.3 is 11.9 Å². The van der Waals surface area contributed by atoms with Crippen LogP contribution in [0.25, 0.3) is 0 Å². The summed E-state index contributed by atoms with van der Waals surface area (Å²) in [6, 6.07) is 14.7. The Bertz CT molecular complexity index is 579. The van der Waals surface area contributed by atoms with Crippen LogP contribution in [-0.2, 0) is 4.74 Å². The van der Waals surface area contributed by atoms with Crippen molar-refractivity contribution in [3.63, 3.8) is 0 Å². The lowest BCUT2D eigenvalue weighted by Gasteiger charge is -2.04. The van der Waals surface area contributed by atoms with Gasteiger partial charge in [0.2, 0.25) is 0 Å². The molecule has 2 aromatic carbocycles. The van der Waals surface area contributed by atoms with Gasteiger partial charge in [0.1, 0.15) is 0 Å². The molecule has 0 amide bonds. The molecule has 0 radical (unpaired) electrons. The van der Waals surface area contributed by atoms with Gasteiger partial charge in [0.25, 0.3) is 0 Å². The Kier molecular flexibility index (Phi) is 3.75. The molecule has 0 saturated carbocycles. The zero-order chi connectivity index (χ0) is 13.0. The molecule has 0 unspecified atom stereocenters. The van der Waals surface area contributed by atoms with Crippen LogP contribution in [0.2, 0.25) is 5.02 Å². The van der Waals surface area contributed by atoms with Gasteiger partial charge in [-0.1, -0.05) is 41.9 Å². The molecule has 0 saturated heterocycles. The number of hydrogen-bond donors (Lipinski definition) is 0. The highest BCUT2D eigenvalue weighted by Gasteiger charge is 2.16. The van der Waals surface area contributed by atoms with E-state index in [1.165, 1.54) is 6.07 Å². The monoisotopic (exact) mass is 260 g/mol. The van der Waals surface area contributed by atoms with Crippen molar-refractivity contribution in [2.24, 2.45) is 0 Å². The molecular formula is C14H9ClO3. The molecule has 0 atom stereocenters. The summed E-state index contributed by atoms with van der Waals surface area (Å²) in [5.74, 6) is -1.45. The summed E-state index contributed by atoms with van der Waals surface area (Å²) in [7, 11) is 0. The molecule has 2 aromatic rings. The van der Waals surface area contributed by atoms with Gasteiger partial charge in [0, 0.05) is 0 Å². The number of ether oxygens (including phenoxy) is 1. The fourth-order valence-electron chi connectivity index (χ4n) is 1.40. The summed E-state index contributed by atoms with van der Waals surface area (Å²) >= 11 is 5.84. The normalized spacial score (nSPS) is 9.83. The number of rotatable bonds is 2. The number of esters is 2. The minimum absolute atomic E-state index is 0.170. The van der Waals surface area contributed by atoms with Crippen LogP contribution in [0.1, 0.15) is 20.7 Å². The third-order valence-corrected chi connectivity index (χ3v) is 2.62. The first-order chi connectivity index (χ1) is 8.68. The molecule has 0 spiro atoms. The first-order valence-corrected chi connectivity index (χ1v) is 5.62. The predicted molar refractivity (Wildman–Crippen MR) is 67.6 cm³/mol. The predicted octanol–water partition coefficient (Wildman–Crippen LogP) is 3.34. The summed E-state index contributed by atoms with van der Waals surface area (Å²) in [4.78, 5) is 23.4. The molecule has 2 rings (SSSR count). The SMILES string of the molecule is O=C(OC(=O)c1ccccc1Cl)c1ccccc1. The van der Waals surface area contributed by atoms with Crippen LogP contribution in [-0.4, -0.2) is 11.9 Å². The fourth-order valence-corrected chi connectivity index (χ4v) is 1.61. The highest BCUT2D eigenvalue weighted by atomic mass is 35.5. The smallest absolute Gasteiger partial charge is 0.347 e. The van der Waals surface area contributed by atoms with Crippen LogP contribution in [0.15, 0.2) is 54.6 Å². The van der Waals surface area contributed by atoms with E-state index >= 15 is 0 Å². The van der Waals surface area contributed by atoms with E-state index in [1.54, 1.807) is 48.5 Å². The van der Waals surface area contributed by atoms with E-state index in [-0.39, 0.29) is 10.6 Å². The first kappa shape index (κ1) is 12.3. The van der Waals surface area contributed by atoms with Crippen molar-refractivity contribution in [1.82, 2.24) is 0 Å². The van der Waals surface area contributed by atoms with Crippen molar-refractivity contribution in [3.05, 3.63) is 70.7 Å². The van der Waals surface area contributed by atoms with Gasteiger partial charge < -0.3 is 4.74 Å². The Labute approximate surface area is 109 Å². The Balaban J connectivity index is 2.14. The lowest BCUT2D eigenvalue weighted by molar-refractivity contribution is 0.0398. The van der Waals surface area contributed by atoms with Crippen molar-refractivity contribution >= 4 is 23.5 Å². The highest BCUT2D eigenvalue weighted by Crippen LogP contribution is 2.16. The quantitative estimate of drug-likeness (QED) is 0.614. The second-order valence-corrected chi connectivity index (χ2v) is 3.93. The minimum atomic E-state index is -0.755. The molecule has 3 nitrogen and oxygen atoms in total. The van der Waals surface area contributed by atoms with Crippen molar-refractivity contribution in [2.75, 3.05) is 0 Å². The van der Waals surface area contributed by atoms with Crippen LogP contribution in [0.5, 0.6) is 0 Å². The molecule has 0 aromatic heterocycles. The Hall–Kier alpha value is -2.13. The molecule has 0 bridgehead atoms. The summed E-state index contributed by atoms with van der Waals surface area (Å²) < 4.78 is 4.74. The molecule has 0 N–H and O–H groups in total. The van der Waals surface area contributed by atoms with Crippen molar-refractivity contribution in [3.8, 4) is 0 Å². The topological polar surface area (TPSA) is 43.4 Å². The van der Waals surface area contributed by atoms with Gasteiger partial charge in [0.15, 0.2) is 0 Å². The van der Waals surface area contributed by atoms with E-state index in [0.717, 1.165) is 0 Å². The van der Waals surface area contributed by atoms with Crippen LogP contribution < -0.4 is 0 Å². The summed E-state index contributed by atoms with van der Waals surface area (Å²) in [6.07, 6.45) is 0. The summed E-state index contributed by atoms with van der Waals surface area (Å²) in [5.41, 5.74) is 0.487. The Morgan fingerprint density at radius 3 is 2.11 bits per heavy atom. The number of carbonyl (C=O) groups is 2.